The summed E-state index contributed by atoms with van der Waals surface area (Å²) in [5.41, 5.74) is 7.19. The monoisotopic (exact) mass is 267 g/mol. The van der Waals surface area contributed by atoms with Crippen LogP contribution < -0.4 is 5.73 Å². The molecule has 5 heteroatoms. The standard InChI is InChI=1S/C13H15ClFN3/c1-2-7-18-13(10(14)8-17-18)12(16)9-5-3-4-6-11(9)15/h3-6,8,12H,2,7,16H2,1H3. The van der Waals surface area contributed by atoms with E-state index >= 15 is 0 Å². The quantitative estimate of drug-likeness (QED) is 0.925. The lowest BCUT2D eigenvalue weighted by Gasteiger charge is -2.15. The molecule has 1 heterocycles. The number of nitrogens with two attached hydrogens (primary N) is 1. The zero-order valence-electron chi connectivity index (χ0n) is 10.1. The Hall–Kier alpha value is -1.39. The van der Waals surface area contributed by atoms with Gasteiger partial charge in [-0.25, -0.2) is 4.39 Å². The van der Waals surface area contributed by atoms with Crippen molar-refractivity contribution >= 4 is 11.6 Å². The van der Waals surface area contributed by atoms with Crippen LogP contribution in [0.3, 0.4) is 0 Å². The third kappa shape index (κ3) is 2.40. The van der Waals surface area contributed by atoms with Crippen LogP contribution in [0.15, 0.2) is 30.5 Å². The molecule has 96 valence electrons. The third-order valence-corrected chi connectivity index (χ3v) is 3.09. The van der Waals surface area contributed by atoms with E-state index in [9.17, 15) is 4.39 Å². The SMILES string of the molecule is CCCn1ncc(Cl)c1C(N)c1ccccc1F. The molecular formula is C13H15ClFN3. The van der Waals surface area contributed by atoms with Gasteiger partial charge in [0.15, 0.2) is 0 Å². The van der Waals surface area contributed by atoms with Crippen molar-refractivity contribution < 1.29 is 4.39 Å². The topological polar surface area (TPSA) is 43.8 Å². The summed E-state index contributed by atoms with van der Waals surface area (Å²) in [5.74, 6) is -0.328. The van der Waals surface area contributed by atoms with E-state index in [4.69, 9.17) is 17.3 Å². The van der Waals surface area contributed by atoms with Gasteiger partial charge in [0.1, 0.15) is 5.82 Å². The van der Waals surface area contributed by atoms with Crippen LogP contribution in [-0.4, -0.2) is 9.78 Å². The smallest absolute Gasteiger partial charge is 0.128 e. The Morgan fingerprint density at radius 3 is 2.83 bits per heavy atom. The maximum Gasteiger partial charge on any atom is 0.128 e. The Balaban J connectivity index is 2.42. The van der Waals surface area contributed by atoms with Crippen molar-refractivity contribution in [1.29, 1.82) is 0 Å². The van der Waals surface area contributed by atoms with Crippen LogP contribution in [0, 0.1) is 5.82 Å². The molecule has 0 aliphatic rings. The van der Waals surface area contributed by atoms with Crippen LogP contribution in [-0.2, 0) is 6.54 Å². The molecule has 0 saturated heterocycles. The summed E-state index contributed by atoms with van der Waals surface area (Å²) in [7, 11) is 0. The number of hydrogen-bond acceptors (Lipinski definition) is 2. The van der Waals surface area contributed by atoms with Gasteiger partial charge in [0, 0.05) is 12.1 Å². The molecule has 0 saturated carbocycles. The number of halogens is 2. The summed E-state index contributed by atoms with van der Waals surface area (Å²) < 4.78 is 15.5. The lowest BCUT2D eigenvalue weighted by molar-refractivity contribution is 0.545. The summed E-state index contributed by atoms with van der Waals surface area (Å²) in [6.07, 6.45) is 2.46. The zero-order valence-corrected chi connectivity index (χ0v) is 10.9. The Morgan fingerprint density at radius 2 is 2.17 bits per heavy atom. The van der Waals surface area contributed by atoms with Crippen molar-refractivity contribution in [3.8, 4) is 0 Å². The second-order valence-electron chi connectivity index (χ2n) is 4.10. The van der Waals surface area contributed by atoms with Crippen LogP contribution in [0.5, 0.6) is 0 Å². The normalized spacial score (nSPS) is 12.7. The number of hydrogen-bond donors (Lipinski definition) is 1. The molecular weight excluding hydrogens is 253 g/mol. The van der Waals surface area contributed by atoms with Crippen molar-refractivity contribution in [3.63, 3.8) is 0 Å². The number of aromatic nitrogens is 2. The van der Waals surface area contributed by atoms with Gasteiger partial charge in [-0.2, -0.15) is 5.10 Å². The molecule has 1 aromatic heterocycles. The summed E-state index contributed by atoms with van der Waals surface area (Å²) >= 11 is 6.09. The maximum atomic E-state index is 13.7. The highest BCUT2D eigenvalue weighted by molar-refractivity contribution is 6.31. The predicted molar refractivity (Wildman–Crippen MR) is 70.0 cm³/mol. The Labute approximate surface area is 110 Å². The first-order valence-electron chi connectivity index (χ1n) is 5.86. The first kappa shape index (κ1) is 13.1. The number of nitrogens with zero attached hydrogens (tertiary/aromatic N) is 2. The van der Waals surface area contributed by atoms with Gasteiger partial charge in [-0.05, 0) is 12.5 Å². The van der Waals surface area contributed by atoms with Crippen molar-refractivity contribution in [3.05, 3.63) is 52.6 Å². The average Bonchev–Trinajstić information content (AvgIpc) is 2.71. The van der Waals surface area contributed by atoms with Crippen LogP contribution in [0.4, 0.5) is 4.39 Å². The number of benzene rings is 1. The minimum Gasteiger partial charge on any atom is -0.319 e. The first-order chi connectivity index (χ1) is 8.65. The van der Waals surface area contributed by atoms with Crippen LogP contribution in [0.1, 0.15) is 30.6 Å². The fourth-order valence-corrected chi connectivity index (χ4v) is 2.20. The molecule has 1 atom stereocenters. The van der Waals surface area contributed by atoms with Crippen molar-refractivity contribution in [2.75, 3.05) is 0 Å². The van der Waals surface area contributed by atoms with E-state index in [2.05, 4.69) is 5.10 Å². The molecule has 0 aliphatic heterocycles. The second-order valence-corrected chi connectivity index (χ2v) is 4.51. The van der Waals surface area contributed by atoms with Gasteiger partial charge in [-0.3, -0.25) is 4.68 Å². The largest absolute Gasteiger partial charge is 0.319 e. The molecule has 0 amide bonds. The number of rotatable bonds is 4. The highest BCUT2D eigenvalue weighted by Crippen LogP contribution is 2.27. The van der Waals surface area contributed by atoms with E-state index < -0.39 is 6.04 Å². The van der Waals surface area contributed by atoms with E-state index in [0.29, 0.717) is 22.8 Å². The van der Waals surface area contributed by atoms with E-state index in [-0.39, 0.29) is 5.82 Å². The molecule has 2 rings (SSSR count). The van der Waals surface area contributed by atoms with E-state index in [1.165, 1.54) is 6.07 Å². The van der Waals surface area contributed by atoms with E-state index in [1.54, 1.807) is 29.1 Å². The van der Waals surface area contributed by atoms with Gasteiger partial charge < -0.3 is 5.73 Å². The number of aryl methyl sites for hydroxylation is 1. The Morgan fingerprint density at radius 1 is 1.44 bits per heavy atom. The molecule has 0 spiro atoms. The van der Waals surface area contributed by atoms with E-state index in [1.807, 2.05) is 6.92 Å². The van der Waals surface area contributed by atoms with Gasteiger partial charge in [-0.1, -0.05) is 36.7 Å². The van der Waals surface area contributed by atoms with Crippen molar-refractivity contribution in [1.82, 2.24) is 9.78 Å². The molecule has 18 heavy (non-hydrogen) atoms. The van der Waals surface area contributed by atoms with E-state index in [0.717, 1.165) is 6.42 Å². The van der Waals surface area contributed by atoms with Gasteiger partial charge in [0.25, 0.3) is 0 Å². The summed E-state index contributed by atoms with van der Waals surface area (Å²) in [6.45, 7) is 2.75. The summed E-state index contributed by atoms with van der Waals surface area (Å²) in [6, 6.07) is 5.85. The van der Waals surface area contributed by atoms with Crippen LogP contribution in [0.2, 0.25) is 5.02 Å². The first-order valence-corrected chi connectivity index (χ1v) is 6.24. The summed E-state index contributed by atoms with van der Waals surface area (Å²) in [5, 5.41) is 4.64. The zero-order chi connectivity index (χ0) is 13.1. The van der Waals surface area contributed by atoms with Gasteiger partial charge in [0.2, 0.25) is 0 Å². The highest BCUT2D eigenvalue weighted by Gasteiger charge is 2.20. The average molecular weight is 268 g/mol. The minimum atomic E-state index is -0.604. The fourth-order valence-electron chi connectivity index (χ4n) is 1.95. The molecule has 1 aromatic carbocycles. The third-order valence-electron chi connectivity index (χ3n) is 2.80. The van der Waals surface area contributed by atoms with Crippen molar-refractivity contribution in [2.45, 2.75) is 25.9 Å². The molecule has 0 bridgehead atoms. The lowest BCUT2D eigenvalue weighted by Crippen LogP contribution is -2.19. The molecule has 0 fully saturated rings. The lowest BCUT2D eigenvalue weighted by atomic mass is 10.0. The van der Waals surface area contributed by atoms with Crippen LogP contribution in [0.25, 0.3) is 0 Å². The van der Waals surface area contributed by atoms with Gasteiger partial charge in [-0.15, -0.1) is 0 Å². The van der Waals surface area contributed by atoms with Gasteiger partial charge in [0.05, 0.1) is 23.0 Å². The highest BCUT2D eigenvalue weighted by atomic mass is 35.5. The summed E-state index contributed by atoms with van der Waals surface area (Å²) in [4.78, 5) is 0. The van der Waals surface area contributed by atoms with Gasteiger partial charge >= 0.3 is 0 Å². The molecule has 2 aromatic rings. The molecule has 2 N–H and O–H groups in total. The Kier molecular flexibility index (Phi) is 3.99. The fraction of sp³-hybridized carbons (Fsp3) is 0.308. The predicted octanol–water partition coefficient (Wildman–Crippen LogP) is 3.13. The molecule has 0 radical (unpaired) electrons. The molecule has 3 nitrogen and oxygen atoms in total. The minimum absolute atomic E-state index is 0.328. The van der Waals surface area contributed by atoms with Crippen LogP contribution >= 0.6 is 11.6 Å². The molecule has 0 aliphatic carbocycles. The second kappa shape index (κ2) is 5.50. The maximum absolute atomic E-state index is 13.7. The molecule has 1 unspecified atom stereocenters. The Bertz CT molecular complexity index is 539. The van der Waals surface area contributed by atoms with Crippen molar-refractivity contribution in [2.24, 2.45) is 5.73 Å².